The molecule has 6 heteroatoms. The van der Waals surface area contributed by atoms with Crippen molar-refractivity contribution < 1.29 is 4.79 Å². The van der Waals surface area contributed by atoms with Crippen molar-refractivity contribution in [3.63, 3.8) is 0 Å². The third-order valence-electron chi connectivity index (χ3n) is 3.78. The van der Waals surface area contributed by atoms with Gasteiger partial charge in [0.05, 0.1) is 6.04 Å². The zero-order valence-corrected chi connectivity index (χ0v) is 13.2. The van der Waals surface area contributed by atoms with E-state index in [2.05, 4.69) is 15.7 Å². The molecule has 2 heterocycles. The smallest absolute Gasteiger partial charge is 0.272 e. The normalized spacial score (nSPS) is 17.5. The van der Waals surface area contributed by atoms with Gasteiger partial charge in [-0.05, 0) is 31.0 Å². The van der Waals surface area contributed by atoms with Crippen LogP contribution >= 0.6 is 12.4 Å². The lowest BCUT2D eigenvalue weighted by Gasteiger charge is -2.22. The molecule has 1 fully saturated rings. The number of nitrogens with zero attached hydrogens (tertiary/aromatic N) is 2. The number of aromatic nitrogens is 2. The van der Waals surface area contributed by atoms with E-state index in [-0.39, 0.29) is 18.3 Å². The first kappa shape index (κ1) is 16.5. The summed E-state index contributed by atoms with van der Waals surface area (Å²) in [5.41, 5.74) is 1.57. The fourth-order valence-electron chi connectivity index (χ4n) is 2.59. The molecule has 0 radical (unpaired) electrons. The van der Waals surface area contributed by atoms with Crippen LogP contribution in [0.25, 0.3) is 0 Å². The maximum absolute atomic E-state index is 12.1. The van der Waals surface area contributed by atoms with Crippen molar-refractivity contribution in [1.29, 1.82) is 0 Å². The third kappa shape index (κ3) is 4.08. The molecule has 1 unspecified atom stereocenters. The Morgan fingerprint density at radius 3 is 2.86 bits per heavy atom. The molecule has 1 aromatic carbocycles. The molecule has 2 aromatic rings. The molecule has 2 N–H and O–H groups in total. The van der Waals surface area contributed by atoms with Crippen molar-refractivity contribution in [3.8, 4) is 0 Å². The van der Waals surface area contributed by atoms with Gasteiger partial charge < -0.3 is 10.6 Å². The van der Waals surface area contributed by atoms with Crippen LogP contribution in [0.1, 0.15) is 34.9 Å². The average molecular weight is 321 g/mol. The number of hydrogen-bond acceptors (Lipinski definition) is 3. The highest BCUT2D eigenvalue weighted by Crippen LogP contribution is 2.15. The molecule has 0 aliphatic carbocycles. The second kappa shape index (κ2) is 7.96. The highest BCUT2D eigenvalue weighted by Gasteiger charge is 2.17. The van der Waals surface area contributed by atoms with Crippen molar-refractivity contribution in [1.82, 2.24) is 20.4 Å². The van der Waals surface area contributed by atoms with E-state index in [1.807, 2.05) is 41.2 Å². The second-order valence-corrected chi connectivity index (χ2v) is 5.35. The molecule has 0 bridgehead atoms. The van der Waals surface area contributed by atoms with Crippen LogP contribution < -0.4 is 10.6 Å². The molecule has 5 nitrogen and oxygen atoms in total. The SMILES string of the molecule is Cl.O=C(NCc1ccccc1)c1ccn(C2CCCNC2)n1. The number of piperidine rings is 1. The Kier molecular flexibility index (Phi) is 5.98. The monoisotopic (exact) mass is 320 g/mol. The third-order valence-corrected chi connectivity index (χ3v) is 3.78. The van der Waals surface area contributed by atoms with E-state index >= 15 is 0 Å². The number of halogens is 1. The Morgan fingerprint density at radius 1 is 1.32 bits per heavy atom. The Hall–Kier alpha value is -1.85. The second-order valence-electron chi connectivity index (χ2n) is 5.35. The van der Waals surface area contributed by atoms with Crippen LogP contribution in [0.2, 0.25) is 0 Å². The van der Waals surface area contributed by atoms with Crippen LogP contribution in [0, 0.1) is 0 Å². The molecular formula is C16H21ClN4O. The Balaban J connectivity index is 0.00000176. The van der Waals surface area contributed by atoms with Crippen LogP contribution in [0.4, 0.5) is 0 Å². The lowest BCUT2D eigenvalue weighted by Crippen LogP contribution is -2.32. The minimum atomic E-state index is -0.124. The number of carbonyl (C=O) groups excluding carboxylic acids is 1. The predicted octanol–water partition coefficient (Wildman–Crippen LogP) is 2.16. The fraction of sp³-hybridized carbons (Fsp3) is 0.375. The van der Waals surface area contributed by atoms with Gasteiger partial charge in [0.25, 0.3) is 5.91 Å². The number of benzene rings is 1. The van der Waals surface area contributed by atoms with Crippen molar-refractivity contribution in [2.75, 3.05) is 13.1 Å². The molecule has 1 aliphatic heterocycles. The maximum atomic E-state index is 12.1. The summed E-state index contributed by atoms with van der Waals surface area (Å²) in [6, 6.07) is 12.0. The first-order valence-electron chi connectivity index (χ1n) is 7.41. The Morgan fingerprint density at radius 2 is 2.14 bits per heavy atom. The number of nitrogens with one attached hydrogen (secondary N) is 2. The molecule has 118 valence electrons. The highest BCUT2D eigenvalue weighted by molar-refractivity contribution is 5.92. The van der Waals surface area contributed by atoms with E-state index in [9.17, 15) is 4.79 Å². The van der Waals surface area contributed by atoms with Crippen LogP contribution in [0.5, 0.6) is 0 Å². The van der Waals surface area contributed by atoms with E-state index in [1.54, 1.807) is 6.07 Å². The lowest BCUT2D eigenvalue weighted by atomic mass is 10.1. The van der Waals surface area contributed by atoms with Gasteiger partial charge in [-0.15, -0.1) is 12.4 Å². The van der Waals surface area contributed by atoms with Gasteiger partial charge in [-0.2, -0.15) is 5.10 Å². The molecule has 1 amide bonds. The molecular weight excluding hydrogens is 300 g/mol. The summed E-state index contributed by atoms with van der Waals surface area (Å²) >= 11 is 0. The van der Waals surface area contributed by atoms with Crippen molar-refractivity contribution in [3.05, 3.63) is 53.9 Å². The van der Waals surface area contributed by atoms with Gasteiger partial charge in [0.15, 0.2) is 0 Å². The molecule has 1 atom stereocenters. The molecule has 3 rings (SSSR count). The largest absolute Gasteiger partial charge is 0.347 e. The molecule has 1 saturated heterocycles. The highest BCUT2D eigenvalue weighted by atomic mass is 35.5. The summed E-state index contributed by atoms with van der Waals surface area (Å²) in [6.45, 7) is 2.52. The predicted molar refractivity (Wildman–Crippen MR) is 88.2 cm³/mol. The number of hydrogen-bond donors (Lipinski definition) is 2. The Bertz CT molecular complexity index is 593. The first-order chi connectivity index (χ1) is 10.3. The fourth-order valence-corrected chi connectivity index (χ4v) is 2.59. The van der Waals surface area contributed by atoms with Gasteiger partial charge in [0.2, 0.25) is 0 Å². The zero-order chi connectivity index (χ0) is 14.5. The molecule has 0 spiro atoms. The minimum Gasteiger partial charge on any atom is -0.347 e. The molecule has 1 aliphatic rings. The van der Waals surface area contributed by atoms with E-state index in [0.29, 0.717) is 18.3 Å². The minimum absolute atomic E-state index is 0. The molecule has 22 heavy (non-hydrogen) atoms. The zero-order valence-electron chi connectivity index (χ0n) is 12.4. The van der Waals surface area contributed by atoms with Gasteiger partial charge in [-0.25, -0.2) is 0 Å². The lowest BCUT2D eigenvalue weighted by molar-refractivity contribution is 0.0944. The van der Waals surface area contributed by atoms with Crippen LogP contribution in [-0.4, -0.2) is 28.8 Å². The van der Waals surface area contributed by atoms with E-state index in [1.165, 1.54) is 0 Å². The Labute approximate surface area is 136 Å². The number of carbonyl (C=O) groups is 1. The van der Waals surface area contributed by atoms with Crippen molar-refractivity contribution in [2.45, 2.75) is 25.4 Å². The van der Waals surface area contributed by atoms with Gasteiger partial charge >= 0.3 is 0 Å². The van der Waals surface area contributed by atoms with Gasteiger partial charge in [0.1, 0.15) is 5.69 Å². The summed E-state index contributed by atoms with van der Waals surface area (Å²) in [4.78, 5) is 12.1. The average Bonchev–Trinajstić information content (AvgIpc) is 3.04. The molecule has 1 aromatic heterocycles. The van der Waals surface area contributed by atoms with Crippen LogP contribution in [0.15, 0.2) is 42.6 Å². The summed E-state index contributed by atoms with van der Waals surface area (Å²) in [7, 11) is 0. The standard InChI is InChI=1S/C16H20N4O.ClH/c21-16(18-11-13-5-2-1-3-6-13)15-8-10-20(19-15)14-7-4-9-17-12-14;/h1-3,5-6,8,10,14,17H,4,7,9,11-12H2,(H,18,21);1H. The summed E-state index contributed by atoms with van der Waals surface area (Å²) in [5, 5.41) is 10.7. The van der Waals surface area contributed by atoms with E-state index in [0.717, 1.165) is 31.5 Å². The quantitative estimate of drug-likeness (QED) is 0.907. The topological polar surface area (TPSA) is 59.0 Å². The molecule has 0 saturated carbocycles. The first-order valence-corrected chi connectivity index (χ1v) is 7.41. The number of rotatable bonds is 4. The van der Waals surface area contributed by atoms with Gasteiger partial charge in [0, 0.05) is 19.3 Å². The van der Waals surface area contributed by atoms with Crippen LogP contribution in [-0.2, 0) is 6.54 Å². The van der Waals surface area contributed by atoms with E-state index in [4.69, 9.17) is 0 Å². The maximum Gasteiger partial charge on any atom is 0.272 e. The van der Waals surface area contributed by atoms with Gasteiger partial charge in [-0.3, -0.25) is 9.48 Å². The summed E-state index contributed by atoms with van der Waals surface area (Å²) < 4.78 is 1.91. The summed E-state index contributed by atoms with van der Waals surface area (Å²) in [6.07, 6.45) is 4.16. The summed E-state index contributed by atoms with van der Waals surface area (Å²) in [5.74, 6) is -0.124. The van der Waals surface area contributed by atoms with Crippen molar-refractivity contribution in [2.24, 2.45) is 0 Å². The van der Waals surface area contributed by atoms with Crippen LogP contribution in [0.3, 0.4) is 0 Å². The van der Waals surface area contributed by atoms with E-state index < -0.39 is 0 Å². The number of amides is 1. The van der Waals surface area contributed by atoms with Crippen molar-refractivity contribution >= 4 is 18.3 Å². The van der Waals surface area contributed by atoms with Gasteiger partial charge in [-0.1, -0.05) is 30.3 Å².